The van der Waals surface area contributed by atoms with E-state index in [9.17, 15) is 9.59 Å². The minimum absolute atomic E-state index is 0.0179. The average molecular weight is 423 g/mol. The number of aromatic nitrogens is 2. The highest BCUT2D eigenvalue weighted by atomic mass is 32.2. The van der Waals surface area contributed by atoms with Crippen LogP contribution in [0.3, 0.4) is 0 Å². The number of ketones is 1. The number of para-hydroxylation sites is 1. The maximum Gasteiger partial charge on any atom is 0.262 e. The lowest BCUT2D eigenvalue weighted by molar-refractivity contribution is 0.0937. The molecule has 6 heteroatoms. The number of hydrogen-bond donors (Lipinski definition) is 0. The summed E-state index contributed by atoms with van der Waals surface area (Å²) >= 11 is 1.32. The Balaban J connectivity index is 1.59. The lowest BCUT2D eigenvalue weighted by atomic mass is 10.0. The Morgan fingerprint density at radius 3 is 2.67 bits per heavy atom. The lowest BCUT2D eigenvalue weighted by Crippen LogP contribution is -2.29. The second-order valence-electron chi connectivity index (χ2n) is 7.95. The Morgan fingerprint density at radius 1 is 1.20 bits per heavy atom. The smallest absolute Gasteiger partial charge is 0.262 e. The minimum Gasteiger partial charge on any atom is -0.376 e. The summed E-state index contributed by atoms with van der Waals surface area (Å²) in [6, 6.07) is 15.1. The van der Waals surface area contributed by atoms with Gasteiger partial charge < -0.3 is 4.74 Å². The average Bonchev–Trinajstić information content (AvgIpc) is 3.27. The highest BCUT2D eigenvalue weighted by Gasteiger charge is 2.21. The van der Waals surface area contributed by atoms with Crippen molar-refractivity contribution in [2.75, 3.05) is 12.4 Å². The van der Waals surface area contributed by atoms with E-state index in [1.807, 2.05) is 42.5 Å². The zero-order chi connectivity index (χ0) is 21.1. The molecule has 156 valence electrons. The van der Waals surface area contributed by atoms with Gasteiger partial charge in [-0.15, -0.1) is 0 Å². The first-order valence-corrected chi connectivity index (χ1v) is 11.4. The zero-order valence-electron chi connectivity index (χ0n) is 17.3. The van der Waals surface area contributed by atoms with Gasteiger partial charge in [0.2, 0.25) is 0 Å². The van der Waals surface area contributed by atoms with Gasteiger partial charge in [-0.05, 0) is 36.5 Å². The van der Waals surface area contributed by atoms with E-state index < -0.39 is 0 Å². The number of thioether (sulfide) groups is 1. The van der Waals surface area contributed by atoms with Crippen LogP contribution < -0.4 is 5.56 Å². The molecule has 3 aromatic rings. The van der Waals surface area contributed by atoms with Crippen molar-refractivity contribution in [3.8, 4) is 0 Å². The van der Waals surface area contributed by atoms with Crippen molar-refractivity contribution in [2.45, 2.75) is 50.4 Å². The maximum absolute atomic E-state index is 13.1. The first-order valence-electron chi connectivity index (χ1n) is 10.4. The van der Waals surface area contributed by atoms with E-state index >= 15 is 0 Å². The first kappa shape index (κ1) is 20.8. The molecular weight excluding hydrogens is 396 g/mol. The number of carbonyl (C=O) groups excluding carboxylic acids is 1. The summed E-state index contributed by atoms with van der Waals surface area (Å²) in [5.41, 5.74) is 2.47. The second kappa shape index (κ2) is 9.14. The standard InChI is InChI=1S/C24H26N2O3S/c1-16(2)17-9-11-18(12-10-17)22(27)15-30-24-25-21-8-4-3-7-20(21)23(28)26(24)14-19-6-5-13-29-19/h3-4,7-12,16,19H,5-6,13-15H2,1-2H3/t19-/m1/s1. The van der Waals surface area contributed by atoms with Crippen LogP contribution in [-0.2, 0) is 11.3 Å². The molecule has 0 unspecified atom stereocenters. The van der Waals surface area contributed by atoms with E-state index in [1.54, 1.807) is 10.6 Å². The molecule has 2 aromatic carbocycles. The molecule has 5 nitrogen and oxygen atoms in total. The van der Waals surface area contributed by atoms with Crippen molar-refractivity contribution in [3.63, 3.8) is 0 Å². The van der Waals surface area contributed by atoms with Gasteiger partial charge in [-0.2, -0.15) is 0 Å². The first-order chi connectivity index (χ1) is 14.5. The van der Waals surface area contributed by atoms with Crippen LogP contribution in [0, 0.1) is 0 Å². The molecule has 2 heterocycles. The molecule has 1 aliphatic rings. The molecule has 4 rings (SSSR count). The number of fused-ring (bicyclic) bond motifs is 1. The van der Waals surface area contributed by atoms with Crippen molar-refractivity contribution in [1.29, 1.82) is 0 Å². The Hall–Kier alpha value is -2.44. The molecule has 1 fully saturated rings. The van der Waals surface area contributed by atoms with Gasteiger partial charge in [0.1, 0.15) is 0 Å². The summed E-state index contributed by atoms with van der Waals surface area (Å²) in [5.74, 6) is 0.691. The summed E-state index contributed by atoms with van der Waals surface area (Å²) < 4.78 is 7.42. The summed E-state index contributed by atoms with van der Waals surface area (Å²) in [5, 5.41) is 1.16. The van der Waals surface area contributed by atoms with Crippen molar-refractivity contribution >= 4 is 28.4 Å². The Kier molecular flexibility index (Phi) is 6.35. The molecule has 0 amide bonds. The topological polar surface area (TPSA) is 61.2 Å². The van der Waals surface area contributed by atoms with Crippen molar-refractivity contribution in [2.24, 2.45) is 0 Å². The number of Topliss-reactive ketones (excluding diaryl/α,β-unsaturated/α-hetero) is 1. The molecule has 0 aliphatic carbocycles. The fourth-order valence-electron chi connectivity index (χ4n) is 3.68. The Bertz CT molecular complexity index is 1100. The molecule has 0 spiro atoms. The van der Waals surface area contributed by atoms with E-state index in [0.717, 1.165) is 19.4 Å². The van der Waals surface area contributed by atoms with Gasteiger partial charge in [0.25, 0.3) is 5.56 Å². The number of hydrogen-bond acceptors (Lipinski definition) is 5. The lowest BCUT2D eigenvalue weighted by Gasteiger charge is -2.16. The highest BCUT2D eigenvalue weighted by Crippen LogP contribution is 2.22. The fraction of sp³-hybridized carbons (Fsp3) is 0.375. The highest BCUT2D eigenvalue weighted by molar-refractivity contribution is 7.99. The molecule has 1 atom stereocenters. The molecule has 1 aromatic heterocycles. The van der Waals surface area contributed by atoms with E-state index in [1.165, 1.54) is 17.3 Å². The number of rotatable bonds is 7. The third kappa shape index (κ3) is 4.50. The van der Waals surface area contributed by atoms with Gasteiger partial charge in [-0.3, -0.25) is 14.2 Å². The van der Waals surface area contributed by atoms with Crippen LogP contribution in [0.4, 0.5) is 0 Å². The quantitative estimate of drug-likeness (QED) is 0.314. The second-order valence-corrected chi connectivity index (χ2v) is 8.89. The maximum atomic E-state index is 13.1. The number of ether oxygens (including phenoxy) is 1. The predicted molar refractivity (Wildman–Crippen MR) is 121 cm³/mol. The van der Waals surface area contributed by atoms with Crippen LogP contribution in [0.5, 0.6) is 0 Å². The van der Waals surface area contributed by atoms with Gasteiger partial charge in [0.15, 0.2) is 10.9 Å². The minimum atomic E-state index is -0.0765. The van der Waals surface area contributed by atoms with Gasteiger partial charge in [-0.1, -0.05) is 62.0 Å². The van der Waals surface area contributed by atoms with Crippen LogP contribution in [0.15, 0.2) is 58.5 Å². The zero-order valence-corrected chi connectivity index (χ0v) is 18.2. The molecule has 1 aliphatic heterocycles. The van der Waals surface area contributed by atoms with Crippen LogP contribution >= 0.6 is 11.8 Å². The molecular formula is C24H26N2O3S. The molecule has 0 N–H and O–H groups in total. The third-order valence-electron chi connectivity index (χ3n) is 5.47. The van der Waals surface area contributed by atoms with Gasteiger partial charge >= 0.3 is 0 Å². The van der Waals surface area contributed by atoms with E-state index in [2.05, 4.69) is 13.8 Å². The van der Waals surface area contributed by atoms with Crippen LogP contribution in [0.1, 0.15) is 48.5 Å². The van der Waals surface area contributed by atoms with E-state index in [4.69, 9.17) is 9.72 Å². The van der Waals surface area contributed by atoms with Crippen molar-refractivity contribution < 1.29 is 9.53 Å². The Labute approximate surface area is 180 Å². The van der Waals surface area contributed by atoms with Crippen molar-refractivity contribution in [1.82, 2.24) is 9.55 Å². The largest absolute Gasteiger partial charge is 0.376 e. The predicted octanol–water partition coefficient (Wildman–Crippen LogP) is 4.67. The van der Waals surface area contributed by atoms with Crippen LogP contribution in [0.2, 0.25) is 0 Å². The van der Waals surface area contributed by atoms with Crippen molar-refractivity contribution in [3.05, 3.63) is 70.0 Å². The summed E-state index contributed by atoms with van der Waals surface area (Å²) in [6.07, 6.45) is 1.96. The number of benzene rings is 2. The molecule has 1 saturated heterocycles. The molecule has 0 saturated carbocycles. The van der Waals surface area contributed by atoms with Gasteiger partial charge in [0, 0.05) is 12.2 Å². The summed E-state index contributed by atoms with van der Waals surface area (Å²) in [4.78, 5) is 30.6. The number of nitrogens with zero attached hydrogens (tertiary/aromatic N) is 2. The molecule has 0 radical (unpaired) electrons. The summed E-state index contributed by atoms with van der Waals surface area (Å²) in [6.45, 7) is 5.46. The molecule has 30 heavy (non-hydrogen) atoms. The van der Waals surface area contributed by atoms with Gasteiger partial charge in [0.05, 0.1) is 29.3 Å². The van der Waals surface area contributed by atoms with Gasteiger partial charge in [-0.25, -0.2) is 4.98 Å². The monoisotopic (exact) mass is 422 g/mol. The normalized spacial score (nSPS) is 16.4. The number of carbonyl (C=O) groups is 1. The SMILES string of the molecule is CC(C)c1ccc(C(=O)CSc2nc3ccccc3c(=O)n2C[C@H]2CCCO2)cc1. The van der Waals surface area contributed by atoms with Crippen LogP contribution in [0.25, 0.3) is 10.9 Å². The van der Waals surface area contributed by atoms with Crippen LogP contribution in [-0.4, -0.2) is 33.8 Å². The Morgan fingerprint density at radius 2 is 1.97 bits per heavy atom. The third-order valence-corrected chi connectivity index (χ3v) is 6.44. The van der Waals surface area contributed by atoms with E-state index in [0.29, 0.717) is 34.1 Å². The molecule has 0 bridgehead atoms. The van der Waals surface area contributed by atoms with E-state index in [-0.39, 0.29) is 23.2 Å². The summed E-state index contributed by atoms with van der Waals surface area (Å²) in [7, 11) is 0. The fourth-order valence-corrected chi connectivity index (χ4v) is 4.58.